The van der Waals surface area contributed by atoms with Gasteiger partial charge in [-0.3, -0.25) is 0 Å². The van der Waals surface area contributed by atoms with E-state index in [4.69, 9.17) is 10.9 Å². The normalized spacial score (nSPS) is 18.7. The molecule has 1 saturated heterocycles. The van der Waals surface area contributed by atoms with Crippen LogP contribution in [0.15, 0.2) is 29.4 Å². The van der Waals surface area contributed by atoms with Gasteiger partial charge in [0.1, 0.15) is 0 Å². The first-order valence-corrected chi connectivity index (χ1v) is 6.23. The minimum absolute atomic E-state index is 0.170. The van der Waals surface area contributed by atoms with E-state index in [-0.39, 0.29) is 5.84 Å². The van der Waals surface area contributed by atoms with Crippen molar-refractivity contribution in [2.75, 3.05) is 38.1 Å². The van der Waals surface area contributed by atoms with Crippen LogP contribution in [0.4, 0.5) is 5.69 Å². The molecule has 2 rings (SSSR count). The average Bonchev–Trinajstić information content (AvgIpc) is 2.62. The van der Waals surface area contributed by atoms with Crippen LogP contribution in [0.3, 0.4) is 0 Å². The summed E-state index contributed by atoms with van der Waals surface area (Å²) in [5.74, 6) is 0.170. The Morgan fingerprint density at radius 2 is 2.00 bits per heavy atom. The van der Waals surface area contributed by atoms with Gasteiger partial charge < -0.3 is 20.7 Å². The highest BCUT2D eigenvalue weighted by molar-refractivity contribution is 6.02. The van der Waals surface area contributed by atoms with Crippen molar-refractivity contribution in [2.24, 2.45) is 10.9 Å². The van der Waals surface area contributed by atoms with Gasteiger partial charge in [-0.1, -0.05) is 17.3 Å². The fraction of sp³-hybridized carbons (Fsp3) is 0.462. The smallest absolute Gasteiger partial charge is 0.172 e. The molecule has 0 radical (unpaired) electrons. The molecule has 0 bridgehead atoms. The van der Waals surface area contributed by atoms with Crippen LogP contribution in [0.2, 0.25) is 0 Å². The second-order valence-corrected chi connectivity index (χ2v) is 4.65. The van der Waals surface area contributed by atoms with Gasteiger partial charge in [-0.25, -0.2) is 0 Å². The summed E-state index contributed by atoms with van der Waals surface area (Å²) < 4.78 is 0. The molecular formula is C13H20N4O. The highest BCUT2D eigenvalue weighted by Crippen LogP contribution is 2.21. The summed E-state index contributed by atoms with van der Waals surface area (Å²) in [6.07, 6.45) is 1.13. The van der Waals surface area contributed by atoms with Crippen molar-refractivity contribution in [1.82, 2.24) is 4.90 Å². The van der Waals surface area contributed by atoms with Crippen molar-refractivity contribution < 1.29 is 5.21 Å². The van der Waals surface area contributed by atoms with Crippen molar-refractivity contribution in [2.45, 2.75) is 6.42 Å². The van der Waals surface area contributed by atoms with E-state index in [9.17, 15) is 0 Å². The van der Waals surface area contributed by atoms with Gasteiger partial charge in [-0.2, -0.15) is 0 Å². The molecule has 1 aliphatic rings. The zero-order chi connectivity index (χ0) is 13.0. The second-order valence-electron chi connectivity index (χ2n) is 4.65. The van der Waals surface area contributed by atoms with Crippen LogP contribution in [-0.4, -0.2) is 49.2 Å². The van der Waals surface area contributed by atoms with Crippen molar-refractivity contribution in [3.05, 3.63) is 29.8 Å². The van der Waals surface area contributed by atoms with Crippen LogP contribution >= 0.6 is 0 Å². The number of nitrogens with zero attached hydrogens (tertiary/aromatic N) is 3. The first-order valence-electron chi connectivity index (χ1n) is 6.23. The quantitative estimate of drug-likeness (QED) is 0.353. The lowest BCUT2D eigenvalue weighted by molar-refractivity contribution is 0.318. The second kappa shape index (κ2) is 5.73. The third kappa shape index (κ3) is 2.73. The number of oxime groups is 1. The number of benzene rings is 1. The molecule has 0 aromatic heterocycles. The van der Waals surface area contributed by atoms with Crippen LogP contribution in [0, 0.1) is 0 Å². The lowest BCUT2D eigenvalue weighted by Crippen LogP contribution is -2.30. The molecule has 0 aliphatic carbocycles. The summed E-state index contributed by atoms with van der Waals surface area (Å²) in [6.45, 7) is 4.11. The minimum Gasteiger partial charge on any atom is -0.409 e. The topological polar surface area (TPSA) is 65.1 Å². The largest absolute Gasteiger partial charge is 0.409 e. The lowest BCUT2D eigenvalue weighted by atomic mass is 10.1. The predicted molar refractivity (Wildman–Crippen MR) is 73.3 cm³/mol. The number of hydrogen-bond donors (Lipinski definition) is 2. The van der Waals surface area contributed by atoms with Crippen molar-refractivity contribution in [3.63, 3.8) is 0 Å². The number of amidine groups is 1. The Kier molecular flexibility index (Phi) is 4.04. The molecular weight excluding hydrogens is 228 g/mol. The van der Waals surface area contributed by atoms with E-state index in [1.165, 1.54) is 0 Å². The molecule has 1 fully saturated rings. The number of hydrogen-bond acceptors (Lipinski definition) is 4. The van der Waals surface area contributed by atoms with Crippen LogP contribution in [0.5, 0.6) is 0 Å². The van der Waals surface area contributed by atoms with E-state index in [0.717, 1.165) is 43.9 Å². The Bertz CT molecular complexity index is 433. The fourth-order valence-electron chi connectivity index (χ4n) is 2.31. The third-order valence-electron chi connectivity index (χ3n) is 3.35. The molecule has 18 heavy (non-hydrogen) atoms. The molecule has 1 aliphatic heterocycles. The molecule has 3 N–H and O–H groups in total. The van der Waals surface area contributed by atoms with Crippen LogP contribution in [0.25, 0.3) is 0 Å². The van der Waals surface area contributed by atoms with E-state index in [2.05, 4.69) is 22.0 Å². The number of likely N-dealkylation sites (N-methyl/N-ethyl adjacent to an activating group) is 1. The fourth-order valence-corrected chi connectivity index (χ4v) is 2.31. The van der Waals surface area contributed by atoms with Gasteiger partial charge >= 0.3 is 0 Å². The van der Waals surface area contributed by atoms with Gasteiger partial charge in [0.25, 0.3) is 0 Å². The van der Waals surface area contributed by atoms with Crippen LogP contribution in [-0.2, 0) is 0 Å². The Morgan fingerprint density at radius 1 is 1.22 bits per heavy atom. The Balaban J connectivity index is 2.27. The molecule has 0 saturated carbocycles. The van der Waals surface area contributed by atoms with Gasteiger partial charge in [0, 0.05) is 30.9 Å². The summed E-state index contributed by atoms with van der Waals surface area (Å²) in [6, 6.07) is 7.80. The molecule has 1 heterocycles. The monoisotopic (exact) mass is 248 g/mol. The number of rotatable bonds is 2. The van der Waals surface area contributed by atoms with E-state index >= 15 is 0 Å². The molecule has 1 aromatic carbocycles. The predicted octanol–water partition coefficient (Wildman–Crippen LogP) is 0.923. The Labute approximate surface area is 107 Å². The van der Waals surface area contributed by atoms with Gasteiger partial charge in [-0.15, -0.1) is 0 Å². The molecule has 0 atom stereocenters. The Hall–Kier alpha value is -1.75. The maximum absolute atomic E-state index is 8.84. The number of para-hydroxylation sites is 1. The average molecular weight is 248 g/mol. The summed E-state index contributed by atoms with van der Waals surface area (Å²) in [5.41, 5.74) is 7.57. The molecule has 1 aromatic rings. The zero-order valence-electron chi connectivity index (χ0n) is 10.7. The summed E-state index contributed by atoms with van der Waals surface area (Å²) in [5, 5.41) is 12.0. The van der Waals surface area contributed by atoms with Gasteiger partial charge in [0.2, 0.25) is 0 Å². The molecule has 0 amide bonds. The third-order valence-corrected chi connectivity index (χ3v) is 3.35. The van der Waals surface area contributed by atoms with Crippen LogP contribution < -0.4 is 10.6 Å². The summed E-state index contributed by atoms with van der Waals surface area (Å²) in [4.78, 5) is 4.63. The molecule has 0 spiro atoms. The van der Waals surface area contributed by atoms with Crippen molar-refractivity contribution in [3.8, 4) is 0 Å². The molecule has 5 heteroatoms. The Morgan fingerprint density at radius 3 is 2.78 bits per heavy atom. The van der Waals surface area contributed by atoms with E-state index < -0.39 is 0 Å². The van der Waals surface area contributed by atoms with Crippen molar-refractivity contribution >= 4 is 11.5 Å². The molecule has 0 unspecified atom stereocenters. The zero-order valence-corrected chi connectivity index (χ0v) is 10.7. The standard InChI is InChI=1S/C13H20N4O/c1-16-7-4-8-17(10-9-16)12-6-3-2-5-11(12)13(14)15-18/h2-3,5-6,18H,4,7-10H2,1H3,(H2,14,15). The first-order chi connectivity index (χ1) is 8.72. The highest BCUT2D eigenvalue weighted by Gasteiger charge is 2.16. The van der Waals surface area contributed by atoms with Crippen molar-refractivity contribution in [1.29, 1.82) is 0 Å². The van der Waals surface area contributed by atoms with Crippen LogP contribution in [0.1, 0.15) is 12.0 Å². The maximum atomic E-state index is 8.84. The molecule has 5 nitrogen and oxygen atoms in total. The van der Waals surface area contributed by atoms with Gasteiger partial charge in [0.15, 0.2) is 5.84 Å². The summed E-state index contributed by atoms with van der Waals surface area (Å²) >= 11 is 0. The van der Waals surface area contributed by atoms with Gasteiger partial charge in [0.05, 0.1) is 0 Å². The SMILES string of the molecule is CN1CCCN(c2ccccc2/C(N)=N/O)CC1. The summed E-state index contributed by atoms with van der Waals surface area (Å²) in [7, 11) is 2.14. The van der Waals surface area contributed by atoms with E-state index in [0.29, 0.717) is 0 Å². The van der Waals surface area contributed by atoms with E-state index in [1.807, 2.05) is 24.3 Å². The number of nitrogens with two attached hydrogens (primary N) is 1. The van der Waals surface area contributed by atoms with Gasteiger partial charge in [-0.05, 0) is 32.1 Å². The molecule has 98 valence electrons. The first kappa shape index (κ1) is 12.7. The van der Waals surface area contributed by atoms with E-state index in [1.54, 1.807) is 0 Å². The maximum Gasteiger partial charge on any atom is 0.172 e. The highest BCUT2D eigenvalue weighted by atomic mass is 16.4. The minimum atomic E-state index is 0.170. The lowest BCUT2D eigenvalue weighted by Gasteiger charge is -2.25. The number of anilines is 1.